The molecule has 0 N–H and O–H groups in total. The predicted molar refractivity (Wildman–Crippen MR) is 82.7 cm³/mol. The third kappa shape index (κ3) is 4.26. The van der Waals surface area contributed by atoms with Gasteiger partial charge in [0.15, 0.2) is 17.5 Å². The highest BCUT2D eigenvalue weighted by molar-refractivity contribution is 5.52. The van der Waals surface area contributed by atoms with Crippen molar-refractivity contribution in [3.8, 4) is 11.8 Å². The average Bonchev–Trinajstić information content (AvgIpc) is 2.52. The van der Waals surface area contributed by atoms with Crippen molar-refractivity contribution >= 4 is 6.08 Å². The number of benzene rings is 2. The summed E-state index contributed by atoms with van der Waals surface area (Å²) in [4.78, 5) is 0. The first-order valence-corrected chi connectivity index (χ1v) is 7.03. The van der Waals surface area contributed by atoms with Crippen LogP contribution >= 0.6 is 0 Å². The van der Waals surface area contributed by atoms with Gasteiger partial charge in [0.25, 0.3) is 0 Å². The maximum Gasteiger partial charge on any atom is 0.194 e. The molecule has 0 spiro atoms. The second kappa shape index (κ2) is 7.51. The van der Waals surface area contributed by atoms with Gasteiger partial charge in [0.05, 0.1) is 0 Å². The lowest BCUT2D eigenvalue weighted by atomic mass is 10.1. The third-order valence-electron chi connectivity index (χ3n) is 3.01. The number of rotatable bonds is 3. The summed E-state index contributed by atoms with van der Waals surface area (Å²) < 4.78 is 39.0. The van der Waals surface area contributed by atoms with Crippen molar-refractivity contribution in [2.75, 3.05) is 0 Å². The monoisotopic (exact) mass is 300 g/mol. The molecule has 0 saturated carbocycles. The lowest BCUT2D eigenvalue weighted by molar-refractivity contribution is 0.446. The molecule has 3 heteroatoms. The summed E-state index contributed by atoms with van der Waals surface area (Å²) in [6.45, 7) is 2.12. The fraction of sp³-hybridized carbons (Fsp3) is 0.158. The molecule has 0 aliphatic rings. The zero-order valence-electron chi connectivity index (χ0n) is 12.2. The smallest absolute Gasteiger partial charge is 0.194 e. The van der Waals surface area contributed by atoms with Crippen molar-refractivity contribution in [3.05, 3.63) is 76.6 Å². The van der Waals surface area contributed by atoms with Crippen molar-refractivity contribution in [3.63, 3.8) is 0 Å². The van der Waals surface area contributed by atoms with Crippen LogP contribution in [-0.4, -0.2) is 0 Å². The molecule has 0 radical (unpaired) electrons. The van der Waals surface area contributed by atoms with Gasteiger partial charge in [-0.2, -0.15) is 0 Å². The molecule has 0 aromatic heterocycles. The van der Waals surface area contributed by atoms with E-state index in [9.17, 15) is 13.2 Å². The minimum atomic E-state index is -1.48. The molecule has 2 aromatic rings. The summed E-state index contributed by atoms with van der Waals surface area (Å²) in [6, 6.07) is 9.26. The van der Waals surface area contributed by atoms with Crippen LogP contribution in [0.15, 0.2) is 42.5 Å². The Morgan fingerprint density at radius 2 is 1.50 bits per heavy atom. The van der Waals surface area contributed by atoms with Gasteiger partial charge < -0.3 is 0 Å². The van der Waals surface area contributed by atoms with Crippen LogP contribution in [-0.2, 0) is 0 Å². The van der Waals surface area contributed by atoms with Gasteiger partial charge in [-0.25, -0.2) is 13.2 Å². The van der Waals surface area contributed by atoms with Crippen LogP contribution < -0.4 is 0 Å². The molecule has 0 unspecified atom stereocenters. The summed E-state index contributed by atoms with van der Waals surface area (Å²) in [6.07, 6.45) is 6.27. The number of hydrogen-bond donors (Lipinski definition) is 0. The minimum absolute atomic E-state index is 0.100. The van der Waals surface area contributed by atoms with E-state index in [2.05, 4.69) is 24.8 Å². The maximum absolute atomic E-state index is 13.1. The Balaban J connectivity index is 2.15. The second-order valence-electron chi connectivity index (χ2n) is 4.82. The van der Waals surface area contributed by atoms with Gasteiger partial charge in [0.1, 0.15) is 0 Å². The molecule has 112 valence electrons. The molecule has 22 heavy (non-hydrogen) atoms. The van der Waals surface area contributed by atoms with Gasteiger partial charge in [-0.05, 0) is 36.2 Å². The number of allylic oxidation sites excluding steroid dienone is 1. The highest BCUT2D eigenvalue weighted by Gasteiger charge is 2.08. The van der Waals surface area contributed by atoms with Crippen LogP contribution in [0, 0.1) is 29.3 Å². The molecule has 0 nitrogen and oxygen atoms in total. The summed E-state index contributed by atoms with van der Waals surface area (Å²) in [7, 11) is 0. The van der Waals surface area contributed by atoms with E-state index in [1.54, 1.807) is 0 Å². The van der Waals surface area contributed by atoms with Crippen molar-refractivity contribution in [2.45, 2.75) is 19.8 Å². The van der Waals surface area contributed by atoms with E-state index in [0.717, 1.165) is 36.1 Å². The Kier molecular flexibility index (Phi) is 5.43. The number of hydrogen-bond acceptors (Lipinski definition) is 0. The molecular weight excluding hydrogens is 285 g/mol. The zero-order valence-corrected chi connectivity index (χ0v) is 12.2. The Labute approximate surface area is 128 Å². The molecule has 2 rings (SSSR count). The molecule has 0 bridgehead atoms. The molecule has 0 saturated heterocycles. The molecule has 0 atom stereocenters. The summed E-state index contributed by atoms with van der Waals surface area (Å²) >= 11 is 0. The minimum Gasteiger partial charge on any atom is -0.204 e. The first kappa shape index (κ1) is 15.9. The van der Waals surface area contributed by atoms with Gasteiger partial charge in [0.2, 0.25) is 0 Å². The van der Waals surface area contributed by atoms with Crippen molar-refractivity contribution in [2.24, 2.45) is 0 Å². The normalized spacial score (nSPS) is 10.5. The average molecular weight is 300 g/mol. The summed E-state index contributed by atoms with van der Waals surface area (Å²) in [5, 5.41) is 0. The molecule has 0 aliphatic heterocycles. The van der Waals surface area contributed by atoms with E-state index >= 15 is 0 Å². The second-order valence-corrected chi connectivity index (χ2v) is 4.82. The topological polar surface area (TPSA) is 0 Å². The van der Waals surface area contributed by atoms with Crippen LogP contribution in [0.5, 0.6) is 0 Å². The molecule has 2 aromatic carbocycles. The highest BCUT2D eigenvalue weighted by Crippen LogP contribution is 2.13. The van der Waals surface area contributed by atoms with Gasteiger partial charge in [-0.3, -0.25) is 0 Å². The van der Waals surface area contributed by atoms with E-state index in [1.165, 1.54) is 0 Å². The summed E-state index contributed by atoms with van der Waals surface area (Å²) in [5.41, 5.74) is 1.89. The van der Waals surface area contributed by atoms with Crippen LogP contribution in [0.25, 0.3) is 6.08 Å². The van der Waals surface area contributed by atoms with E-state index < -0.39 is 17.5 Å². The van der Waals surface area contributed by atoms with E-state index in [4.69, 9.17) is 0 Å². The largest absolute Gasteiger partial charge is 0.204 e. The SMILES string of the molecule is CCC/C=C/c1ccc(C#Cc2cc(F)c(F)c(F)c2)cc1. The molecule has 0 amide bonds. The van der Waals surface area contributed by atoms with E-state index in [1.807, 2.05) is 30.3 Å². The quantitative estimate of drug-likeness (QED) is 0.532. The van der Waals surface area contributed by atoms with Gasteiger partial charge in [-0.1, -0.05) is 49.5 Å². The molecule has 0 fully saturated rings. The number of unbranched alkanes of at least 4 members (excludes halogenated alkanes) is 1. The predicted octanol–water partition coefficient (Wildman–Crippen LogP) is 5.32. The molecule has 0 aliphatic carbocycles. The Morgan fingerprint density at radius 1 is 0.909 bits per heavy atom. The van der Waals surface area contributed by atoms with Gasteiger partial charge >= 0.3 is 0 Å². The van der Waals surface area contributed by atoms with Crippen LogP contribution in [0.3, 0.4) is 0 Å². The zero-order chi connectivity index (χ0) is 15.9. The Bertz CT molecular complexity index is 709. The van der Waals surface area contributed by atoms with Crippen molar-refractivity contribution in [1.82, 2.24) is 0 Å². The van der Waals surface area contributed by atoms with Crippen LogP contribution in [0.1, 0.15) is 36.5 Å². The van der Waals surface area contributed by atoms with Gasteiger partial charge in [-0.15, -0.1) is 0 Å². The van der Waals surface area contributed by atoms with Crippen LogP contribution in [0.2, 0.25) is 0 Å². The lowest BCUT2D eigenvalue weighted by Gasteiger charge is -1.96. The standard InChI is InChI=1S/C19H15F3/c1-2-3-4-5-14-6-8-15(9-7-14)10-11-16-12-17(20)19(22)18(21)13-16/h4-9,12-13H,2-3H2,1H3/b5-4+. The fourth-order valence-electron chi connectivity index (χ4n) is 1.84. The van der Waals surface area contributed by atoms with Crippen molar-refractivity contribution in [1.29, 1.82) is 0 Å². The molecule has 0 heterocycles. The number of halogens is 3. The Morgan fingerprint density at radius 3 is 2.09 bits per heavy atom. The third-order valence-corrected chi connectivity index (χ3v) is 3.01. The van der Waals surface area contributed by atoms with Crippen molar-refractivity contribution < 1.29 is 13.2 Å². The lowest BCUT2D eigenvalue weighted by Crippen LogP contribution is -1.91. The summed E-state index contributed by atoms with van der Waals surface area (Å²) in [5.74, 6) is 1.48. The molecular formula is C19H15F3. The first-order valence-electron chi connectivity index (χ1n) is 7.03. The maximum atomic E-state index is 13.1. The highest BCUT2D eigenvalue weighted by atomic mass is 19.2. The van der Waals surface area contributed by atoms with E-state index in [0.29, 0.717) is 0 Å². The Hall–Kier alpha value is -2.47. The van der Waals surface area contributed by atoms with Crippen LogP contribution in [0.4, 0.5) is 13.2 Å². The fourth-order valence-corrected chi connectivity index (χ4v) is 1.84. The van der Waals surface area contributed by atoms with E-state index in [-0.39, 0.29) is 5.56 Å². The first-order chi connectivity index (χ1) is 10.6. The van der Waals surface area contributed by atoms with Gasteiger partial charge in [0, 0.05) is 11.1 Å².